The molecule has 0 aromatic heterocycles. The van der Waals surface area contributed by atoms with Crippen LogP contribution in [0, 0.1) is 0 Å². The summed E-state index contributed by atoms with van der Waals surface area (Å²) in [5, 5.41) is 18.9. The average molecular weight is 464 g/mol. The van der Waals surface area contributed by atoms with Crippen molar-refractivity contribution in [1.29, 1.82) is 0 Å². The van der Waals surface area contributed by atoms with Crippen LogP contribution in [0.3, 0.4) is 0 Å². The molecule has 2 N–H and O–H groups in total. The van der Waals surface area contributed by atoms with Crippen LogP contribution in [0.5, 0.6) is 0 Å². The predicted molar refractivity (Wildman–Crippen MR) is 145 cm³/mol. The number of rotatable bonds is 7. The number of aliphatic hydroxyl groups is 2. The van der Waals surface area contributed by atoms with Crippen molar-refractivity contribution in [2.24, 2.45) is 0 Å². The molecule has 0 saturated carbocycles. The second kappa shape index (κ2) is 9.33. The van der Waals surface area contributed by atoms with E-state index < -0.39 is 0 Å². The maximum absolute atomic E-state index is 9.58. The zero-order chi connectivity index (χ0) is 24.6. The molecule has 3 nitrogen and oxygen atoms in total. The minimum Gasteiger partial charge on any atom is -0.396 e. The van der Waals surface area contributed by atoms with Crippen LogP contribution in [0.2, 0.25) is 0 Å². The van der Waals surface area contributed by atoms with Crippen LogP contribution >= 0.6 is 0 Å². The average Bonchev–Trinajstić information content (AvgIpc) is 3.12. The zero-order valence-corrected chi connectivity index (χ0v) is 20.7. The molecular formula is C32H33NO2. The monoisotopic (exact) mass is 463 g/mol. The molecule has 1 aliphatic rings. The van der Waals surface area contributed by atoms with Gasteiger partial charge in [0.25, 0.3) is 0 Å². The summed E-state index contributed by atoms with van der Waals surface area (Å²) in [6.07, 6.45) is 0.652. The summed E-state index contributed by atoms with van der Waals surface area (Å²) >= 11 is 0. The summed E-state index contributed by atoms with van der Waals surface area (Å²) in [7, 11) is 0. The number of hydrogen-bond acceptors (Lipinski definition) is 3. The Labute approximate surface area is 208 Å². The Morgan fingerprint density at radius 2 is 1.31 bits per heavy atom. The Kier molecular flexibility index (Phi) is 6.22. The summed E-state index contributed by atoms with van der Waals surface area (Å²) in [5.41, 5.74) is 10.8. The van der Waals surface area contributed by atoms with Gasteiger partial charge in [0.05, 0.1) is 0 Å². The van der Waals surface area contributed by atoms with E-state index in [9.17, 15) is 10.2 Å². The van der Waals surface area contributed by atoms with E-state index in [0.29, 0.717) is 6.42 Å². The molecule has 1 unspecified atom stereocenters. The maximum Gasteiger partial charge on any atom is 0.0497 e. The number of benzene rings is 4. The van der Waals surface area contributed by atoms with Crippen molar-refractivity contribution in [2.75, 3.05) is 18.1 Å². The van der Waals surface area contributed by atoms with Gasteiger partial charge >= 0.3 is 0 Å². The van der Waals surface area contributed by atoms with Gasteiger partial charge in [0.15, 0.2) is 0 Å². The molecule has 0 saturated heterocycles. The van der Waals surface area contributed by atoms with Crippen LogP contribution in [0.4, 0.5) is 17.1 Å². The van der Waals surface area contributed by atoms with Gasteiger partial charge in [-0.3, -0.25) is 0 Å². The molecule has 0 amide bonds. The lowest BCUT2D eigenvalue weighted by molar-refractivity contribution is 0.273. The third kappa shape index (κ3) is 4.16. The highest BCUT2D eigenvalue weighted by molar-refractivity contribution is 5.85. The summed E-state index contributed by atoms with van der Waals surface area (Å²) in [6, 6.07) is 32.4. The lowest BCUT2D eigenvalue weighted by Crippen LogP contribution is -2.16. The highest BCUT2D eigenvalue weighted by Gasteiger charge is 2.35. The first kappa shape index (κ1) is 23.3. The number of nitrogens with zero attached hydrogens (tertiary/aromatic N) is 1. The van der Waals surface area contributed by atoms with Crippen molar-refractivity contribution in [3.05, 3.63) is 113 Å². The number of aliphatic hydroxyl groups excluding tert-OH is 2. The molecule has 0 spiro atoms. The molecule has 0 radical (unpaired) electrons. The summed E-state index contributed by atoms with van der Waals surface area (Å²) in [6.45, 7) is 6.93. The smallest absolute Gasteiger partial charge is 0.0497 e. The van der Waals surface area contributed by atoms with Crippen LogP contribution in [0.15, 0.2) is 91.0 Å². The van der Waals surface area contributed by atoms with Crippen molar-refractivity contribution in [3.8, 4) is 11.1 Å². The Bertz CT molecular complexity index is 1320. The molecule has 5 rings (SSSR count). The second-order valence-electron chi connectivity index (χ2n) is 10.1. The fourth-order valence-electron chi connectivity index (χ4n) is 5.28. The van der Waals surface area contributed by atoms with Crippen LogP contribution in [0.25, 0.3) is 11.1 Å². The Balaban J connectivity index is 1.62. The van der Waals surface area contributed by atoms with Crippen LogP contribution in [-0.2, 0) is 11.8 Å². The SMILES string of the molecule is CC(CO)c1ccc(N(c2ccc(CCO)cc2)c2ccc3c(c2)C(C)(C)c2ccccc2-3)cc1. The van der Waals surface area contributed by atoms with E-state index in [4.69, 9.17) is 0 Å². The number of anilines is 3. The zero-order valence-electron chi connectivity index (χ0n) is 20.7. The van der Waals surface area contributed by atoms with E-state index in [-0.39, 0.29) is 24.5 Å². The van der Waals surface area contributed by atoms with Gasteiger partial charge in [-0.1, -0.05) is 75.4 Å². The molecule has 1 atom stereocenters. The highest BCUT2D eigenvalue weighted by Crippen LogP contribution is 2.50. The first-order chi connectivity index (χ1) is 16.9. The van der Waals surface area contributed by atoms with Gasteiger partial charge < -0.3 is 15.1 Å². The standard InChI is InChI=1S/C32H33NO2/c1-22(21-35)24-10-14-26(15-11-24)33(25-12-8-23(9-13-25)18-19-34)27-16-17-29-28-6-4-5-7-30(28)32(2,3)31(29)20-27/h4-17,20,22,34-35H,18-19,21H2,1-3H3. The minimum atomic E-state index is -0.0704. The Morgan fingerprint density at radius 1 is 0.714 bits per heavy atom. The molecule has 178 valence electrons. The summed E-state index contributed by atoms with van der Waals surface area (Å²) in [5.74, 6) is 0.106. The molecule has 0 aliphatic heterocycles. The lowest BCUT2D eigenvalue weighted by atomic mass is 9.82. The topological polar surface area (TPSA) is 43.7 Å². The third-order valence-corrected chi connectivity index (χ3v) is 7.41. The van der Waals surface area contributed by atoms with E-state index in [1.165, 1.54) is 22.3 Å². The molecule has 0 fully saturated rings. The van der Waals surface area contributed by atoms with Crippen LogP contribution in [-0.4, -0.2) is 23.4 Å². The van der Waals surface area contributed by atoms with Gasteiger partial charge in [-0.25, -0.2) is 0 Å². The Morgan fingerprint density at radius 3 is 1.97 bits per heavy atom. The van der Waals surface area contributed by atoms with Crippen molar-refractivity contribution in [1.82, 2.24) is 0 Å². The van der Waals surface area contributed by atoms with Crippen molar-refractivity contribution < 1.29 is 10.2 Å². The molecule has 4 aromatic carbocycles. The molecule has 1 aliphatic carbocycles. The summed E-state index contributed by atoms with van der Waals surface area (Å²) in [4.78, 5) is 2.29. The van der Waals surface area contributed by atoms with E-state index in [2.05, 4.69) is 110 Å². The second-order valence-corrected chi connectivity index (χ2v) is 10.1. The van der Waals surface area contributed by atoms with Gasteiger partial charge in [-0.2, -0.15) is 0 Å². The maximum atomic E-state index is 9.58. The molecule has 4 aromatic rings. The normalized spacial score (nSPS) is 14.3. The molecular weight excluding hydrogens is 430 g/mol. The van der Waals surface area contributed by atoms with E-state index in [1.807, 2.05) is 6.92 Å². The minimum absolute atomic E-state index is 0.0704. The molecule has 3 heteroatoms. The van der Waals surface area contributed by atoms with Crippen molar-refractivity contribution >= 4 is 17.1 Å². The Hall–Kier alpha value is -3.40. The van der Waals surface area contributed by atoms with Gasteiger partial charge in [0.1, 0.15) is 0 Å². The van der Waals surface area contributed by atoms with Gasteiger partial charge in [-0.15, -0.1) is 0 Å². The van der Waals surface area contributed by atoms with Gasteiger partial charge in [0.2, 0.25) is 0 Å². The lowest BCUT2D eigenvalue weighted by Gasteiger charge is -2.28. The quantitative estimate of drug-likeness (QED) is 0.307. The first-order valence-electron chi connectivity index (χ1n) is 12.4. The molecule has 35 heavy (non-hydrogen) atoms. The van der Waals surface area contributed by atoms with Crippen molar-refractivity contribution in [3.63, 3.8) is 0 Å². The largest absolute Gasteiger partial charge is 0.396 e. The molecule has 0 bridgehead atoms. The third-order valence-electron chi connectivity index (χ3n) is 7.41. The van der Waals surface area contributed by atoms with Crippen molar-refractivity contribution in [2.45, 2.75) is 38.5 Å². The van der Waals surface area contributed by atoms with Crippen LogP contribution in [0.1, 0.15) is 48.9 Å². The van der Waals surface area contributed by atoms with E-state index >= 15 is 0 Å². The number of hydrogen-bond donors (Lipinski definition) is 2. The summed E-state index contributed by atoms with van der Waals surface area (Å²) < 4.78 is 0. The predicted octanol–water partition coefficient (Wildman–Crippen LogP) is 7.09. The van der Waals surface area contributed by atoms with Crippen LogP contribution < -0.4 is 4.90 Å². The first-order valence-corrected chi connectivity index (χ1v) is 12.4. The highest BCUT2D eigenvalue weighted by atomic mass is 16.3. The number of fused-ring (bicyclic) bond motifs is 3. The molecule has 0 heterocycles. The van der Waals surface area contributed by atoms with E-state index in [0.717, 1.165) is 28.2 Å². The van der Waals surface area contributed by atoms with Gasteiger partial charge in [-0.05, 0) is 76.2 Å². The van der Waals surface area contributed by atoms with E-state index in [1.54, 1.807) is 0 Å². The fourth-order valence-corrected chi connectivity index (χ4v) is 5.28. The van der Waals surface area contributed by atoms with Gasteiger partial charge in [0, 0.05) is 41.6 Å². The fraction of sp³-hybridized carbons (Fsp3) is 0.250.